The number of carbonyl (C=O) groups excluding carboxylic acids is 2. The van der Waals surface area contributed by atoms with Gasteiger partial charge in [-0.15, -0.1) is 0 Å². The van der Waals surface area contributed by atoms with E-state index in [1.165, 1.54) is 141 Å². The van der Waals surface area contributed by atoms with Gasteiger partial charge in [0.05, 0.1) is 6.61 Å². The largest absolute Gasteiger partial charge is 0.462 e. The van der Waals surface area contributed by atoms with Gasteiger partial charge in [-0.2, -0.15) is 8.42 Å². The van der Waals surface area contributed by atoms with E-state index in [1.54, 1.807) is 0 Å². The summed E-state index contributed by atoms with van der Waals surface area (Å²) in [6.45, 7) is 3.73. The highest BCUT2D eigenvalue weighted by atomic mass is 32.2. The Labute approximate surface area is 365 Å². The number of ether oxygens (including phenoxy) is 4. The zero-order valence-electron chi connectivity index (χ0n) is 37.8. The van der Waals surface area contributed by atoms with Crippen molar-refractivity contribution in [3.8, 4) is 0 Å². The van der Waals surface area contributed by atoms with Crippen molar-refractivity contribution in [2.45, 2.75) is 256 Å². The first-order valence-corrected chi connectivity index (χ1v) is 25.9. The molecule has 0 amide bonds. The van der Waals surface area contributed by atoms with Crippen molar-refractivity contribution in [1.29, 1.82) is 0 Å². The minimum Gasteiger partial charge on any atom is -0.462 e. The van der Waals surface area contributed by atoms with Gasteiger partial charge in [0, 0.05) is 12.8 Å². The van der Waals surface area contributed by atoms with Crippen molar-refractivity contribution in [3.63, 3.8) is 0 Å². The van der Waals surface area contributed by atoms with Crippen LogP contribution in [0.1, 0.15) is 219 Å². The Morgan fingerprint density at radius 2 is 0.967 bits per heavy atom. The van der Waals surface area contributed by atoms with Crippen molar-refractivity contribution >= 4 is 22.1 Å². The number of aliphatic hydroxyl groups is 3. The second-order valence-electron chi connectivity index (χ2n) is 17.1. The second-order valence-corrected chi connectivity index (χ2v) is 18.6. The smallest absolute Gasteiger partial charge is 0.306 e. The van der Waals surface area contributed by atoms with Gasteiger partial charge in [-0.3, -0.25) is 14.1 Å². The molecule has 13 heteroatoms. The fraction of sp³-hybridized carbons (Fsp3) is 0.915. The predicted octanol–water partition coefficient (Wildman–Crippen LogP) is 10.2. The lowest BCUT2D eigenvalue weighted by atomic mass is 10.00. The fourth-order valence-electron chi connectivity index (χ4n) is 7.56. The van der Waals surface area contributed by atoms with Gasteiger partial charge in [-0.05, 0) is 32.1 Å². The fourth-order valence-corrected chi connectivity index (χ4v) is 8.26. The zero-order valence-corrected chi connectivity index (χ0v) is 38.6. The molecule has 0 aliphatic carbocycles. The monoisotopic (exact) mass is 877 g/mol. The number of hydrogen-bond donors (Lipinski definition) is 4. The van der Waals surface area contributed by atoms with Crippen LogP contribution in [0.3, 0.4) is 0 Å². The van der Waals surface area contributed by atoms with Crippen LogP contribution in [0.25, 0.3) is 0 Å². The van der Waals surface area contributed by atoms with E-state index >= 15 is 0 Å². The highest BCUT2D eigenvalue weighted by Crippen LogP contribution is 2.24. The maximum atomic E-state index is 12.8. The summed E-state index contributed by atoms with van der Waals surface area (Å²) in [4.78, 5) is 25.3. The summed E-state index contributed by atoms with van der Waals surface area (Å²) in [6, 6.07) is 0. The van der Waals surface area contributed by atoms with E-state index in [-0.39, 0.29) is 19.4 Å². The van der Waals surface area contributed by atoms with Crippen molar-refractivity contribution in [2.24, 2.45) is 0 Å². The SMILES string of the molecule is CCCCCCCCCCCCCCCCCCCC/C=C/CCCC(=O)O[C@H](COC(=O)CCCCCCCCCCC)CO[C@H]1O[C@H](CS(=O)(=O)O)[C@@H](O)C(O)C1O. The molecule has 1 aliphatic heterocycles. The van der Waals surface area contributed by atoms with Gasteiger partial charge in [0.1, 0.15) is 36.8 Å². The summed E-state index contributed by atoms with van der Waals surface area (Å²) >= 11 is 0. The number of carbonyl (C=O) groups is 2. The molecule has 0 bridgehead atoms. The molecule has 1 heterocycles. The van der Waals surface area contributed by atoms with Crippen molar-refractivity contribution < 1.29 is 56.8 Å². The summed E-state index contributed by atoms with van der Waals surface area (Å²) in [5.74, 6) is -2.01. The lowest BCUT2D eigenvalue weighted by Crippen LogP contribution is -2.60. The molecular formula is C47H88O12S. The number of allylic oxidation sites excluding steroid dienone is 2. The highest BCUT2D eigenvalue weighted by Gasteiger charge is 2.46. The Hall–Kier alpha value is -1.61. The molecule has 1 saturated heterocycles. The Kier molecular flexibility index (Phi) is 35.6. The normalized spacial score (nSPS) is 20.1. The first kappa shape index (κ1) is 56.4. The van der Waals surface area contributed by atoms with Crippen LogP contribution >= 0.6 is 0 Å². The maximum absolute atomic E-state index is 12.8. The van der Waals surface area contributed by atoms with Crippen LogP contribution in [0, 0.1) is 0 Å². The molecular weight excluding hydrogens is 789 g/mol. The number of aliphatic hydroxyl groups excluding tert-OH is 3. The molecule has 0 aromatic rings. The molecule has 6 atom stereocenters. The Morgan fingerprint density at radius 3 is 1.43 bits per heavy atom. The van der Waals surface area contributed by atoms with Gasteiger partial charge in [-0.1, -0.05) is 187 Å². The van der Waals surface area contributed by atoms with E-state index in [4.69, 9.17) is 18.9 Å². The van der Waals surface area contributed by atoms with Crippen LogP contribution < -0.4 is 0 Å². The first-order chi connectivity index (χ1) is 29.0. The quantitative estimate of drug-likeness (QED) is 0.0197. The molecule has 0 saturated carbocycles. The molecule has 60 heavy (non-hydrogen) atoms. The zero-order chi connectivity index (χ0) is 44.1. The first-order valence-electron chi connectivity index (χ1n) is 24.2. The van der Waals surface area contributed by atoms with Gasteiger partial charge in [0.15, 0.2) is 12.4 Å². The third-order valence-electron chi connectivity index (χ3n) is 11.3. The van der Waals surface area contributed by atoms with E-state index in [0.717, 1.165) is 32.1 Å². The Bertz CT molecular complexity index is 1170. The predicted molar refractivity (Wildman–Crippen MR) is 238 cm³/mol. The maximum Gasteiger partial charge on any atom is 0.306 e. The van der Waals surface area contributed by atoms with Crippen LogP contribution in [0.15, 0.2) is 12.2 Å². The summed E-state index contributed by atoms with van der Waals surface area (Å²) in [5, 5.41) is 30.8. The molecule has 0 aromatic carbocycles. The molecule has 12 nitrogen and oxygen atoms in total. The molecule has 1 fully saturated rings. The van der Waals surface area contributed by atoms with Crippen LogP contribution in [-0.2, 0) is 38.7 Å². The van der Waals surface area contributed by atoms with Gasteiger partial charge in [-0.25, -0.2) is 0 Å². The van der Waals surface area contributed by atoms with Gasteiger partial charge in [0.25, 0.3) is 10.1 Å². The topological polar surface area (TPSA) is 186 Å². The highest BCUT2D eigenvalue weighted by molar-refractivity contribution is 7.85. The molecule has 2 unspecified atom stereocenters. The average Bonchev–Trinajstić information content (AvgIpc) is 3.21. The number of rotatable bonds is 41. The van der Waals surface area contributed by atoms with E-state index < -0.39 is 71.2 Å². The lowest BCUT2D eigenvalue weighted by Gasteiger charge is -2.40. The average molecular weight is 877 g/mol. The van der Waals surface area contributed by atoms with Gasteiger partial charge < -0.3 is 34.3 Å². The minimum atomic E-state index is -4.60. The summed E-state index contributed by atoms with van der Waals surface area (Å²) in [6.07, 6.45) is 31.5. The van der Waals surface area contributed by atoms with Crippen LogP contribution in [0.5, 0.6) is 0 Å². The van der Waals surface area contributed by atoms with E-state index in [1.807, 2.05) is 0 Å². The lowest BCUT2D eigenvalue weighted by molar-refractivity contribution is -0.297. The van der Waals surface area contributed by atoms with Crippen molar-refractivity contribution in [1.82, 2.24) is 0 Å². The van der Waals surface area contributed by atoms with Gasteiger partial charge >= 0.3 is 11.9 Å². The molecule has 1 aliphatic rings. The Morgan fingerprint density at radius 1 is 0.550 bits per heavy atom. The third kappa shape index (κ3) is 32.1. The van der Waals surface area contributed by atoms with Crippen LogP contribution in [-0.4, -0.2) is 96.0 Å². The summed E-state index contributed by atoms with van der Waals surface area (Å²) in [7, 11) is -4.60. The van der Waals surface area contributed by atoms with Crippen LogP contribution in [0.4, 0.5) is 0 Å². The van der Waals surface area contributed by atoms with E-state index in [9.17, 15) is 37.9 Å². The molecule has 0 radical (unpaired) electrons. The van der Waals surface area contributed by atoms with E-state index in [0.29, 0.717) is 19.3 Å². The molecule has 0 spiro atoms. The summed E-state index contributed by atoms with van der Waals surface area (Å²) in [5.41, 5.74) is 0. The summed E-state index contributed by atoms with van der Waals surface area (Å²) < 4.78 is 54.0. The van der Waals surface area contributed by atoms with E-state index in [2.05, 4.69) is 26.0 Å². The minimum absolute atomic E-state index is 0.121. The molecule has 0 aromatic heterocycles. The number of hydrogen-bond acceptors (Lipinski definition) is 11. The van der Waals surface area contributed by atoms with Crippen LogP contribution in [0.2, 0.25) is 0 Å². The second kappa shape index (κ2) is 37.9. The van der Waals surface area contributed by atoms with Gasteiger partial charge in [0.2, 0.25) is 0 Å². The standard InChI is InChI=1S/C47H88O12S/c1-3-5-7-9-11-13-14-15-16-17-18-19-20-21-22-23-24-25-26-28-30-32-34-36-43(49)58-40(37-56-42(48)35-33-31-29-27-12-10-8-6-4-2)38-57-47-46(52)45(51)44(50)41(59-47)39-60(53,54)55/h28,30,40-41,44-47,50-52H,3-27,29,31-39H2,1-2H3,(H,53,54,55)/b30-28+/t40-,41-,44-,45?,46?,47+/m1/s1. The molecule has 4 N–H and O–H groups in total. The third-order valence-corrected chi connectivity index (χ3v) is 12.1. The number of esters is 2. The molecule has 354 valence electrons. The molecule has 1 rings (SSSR count). The number of unbranched alkanes of at least 4 members (excludes halogenated alkanes) is 27. The van der Waals surface area contributed by atoms with Crippen molar-refractivity contribution in [2.75, 3.05) is 19.0 Å². The van der Waals surface area contributed by atoms with Crippen molar-refractivity contribution in [3.05, 3.63) is 12.2 Å². The Balaban J connectivity index is 2.34.